The van der Waals surface area contributed by atoms with Crippen LogP contribution in [0.2, 0.25) is 0 Å². The molecule has 0 heterocycles. The molecular formula is C10H14O3S. The van der Waals surface area contributed by atoms with E-state index in [1.54, 1.807) is 0 Å². The van der Waals surface area contributed by atoms with Crippen LogP contribution in [0.3, 0.4) is 0 Å². The molecule has 14 heavy (non-hydrogen) atoms. The van der Waals surface area contributed by atoms with Gasteiger partial charge in [-0.1, -0.05) is 12.1 Å². The quantitative estimate of drug-likeness (QED) is 0.629. The van der Waals surface area contributed by atoms with Crippen molar-refractivity contribution in [2.75, 3.05) is 12.4 Å². The highest BCUT2D eigenvalue weighted by Gasteiger charge is 2.03. The van der Waals surface area contributed by atoms with Gasteiger partial charge in [0, 0.05) is 10.6 Å². The van der Waals surface area contributed by atoms with E-state index in [1.807, 2.05) is 24.3 Å². The van der Waals surface area contributed by atoms with Crippen molar-refractivity contribution in [3.63, 3.8) is 0 Å². The van der Waals surface area contributed by atoms with Crippen LogP contribution < -0.4 is 0 Å². The lowest BCUT2D eigenvalue weighted by molar-refractivity contribution is 0.113. The number of aliphatic hydroxyl groups is 3. The second-order valence-electron chi connectivity index (χ2n) is 2.95. The third-order valence-corrected chi connectivity index (χ3v) is 2.87. The van der Waals surface area contributed by atoms with Crippen molar-refractivity contribution < 1.29 is 15.3 Å². The van der Waals surface area contributed by atoms with Gasteiger partial charge in [-0.3, -0.25) is 0 Å². The Kier molecular flexibility index (Phi) is 4.97. The van der Waals surface area contributed by atoms with Crippen LogP contribution in [0.15, 0.2) is 29.2 Å². The van der Waals surface area contributed by atoms with Crippen LogP contribution in [0.25, 0.3) is 0 Å². The molecule has 0 amide bonds. The lowest BCUT2D eigenvalue weighted by atomic mass is 10.2. The molecule has 3 N–H and O–H groups in total. The summed E-state index contributed by atoms with van der Waals surface area (Å²) >= 11 is 1.46. The maximum Gasteiger partial charge on any atom is 0.0864 e. The molecule has 1 aromatic carbocycles. The molecule has 1 unspecified atom stereocenters. The average molecular weight is 214 g/mol. The highest BCUT2D eigenvalue weighted by atomic mass is 32.2. The minimum absolute atomic E-state index is 0.0248. The van der Waals surface area contributed by atoms with Crippen LogP contribution in [0.1, 0.15) is 5.56 Å². The van der Waals surface area contributed by atoms with Crippen molar-refractivity contribution in [1.82, 2.24) is 0 Å². The van der Waals surface area contributed by atoms with Crippen molar-refractivity contribution in [1.29, 1.82) is 0 Å². The summed E-state index contributed by atoms with van der Waals surface area (Å²) in [6.07, 6.45) is -0.683. The van der Waals surface area contributed by atoms with Crippen molar-refractivity contribution in [2.45, 2.75) is 17.6 Å². The van der Waals surface area contributed by atoms with Crippen LogP contribution >= 0.6 is 11.8 Å². The first-order valence-corrected chi connectivity index (χ1v) is 5.36. The highest BCUT2D eigenvalue weighted by molar-refractivity contribution is 7.99. The fraction of sp³-hybridized carbons (Fsp3) is 0.400. The molecule has 3 nitrogen and oxygen atoms in total. The minimum atomic E-state index is -0.683. The van der Waals surface area contributed by atoms with Gasteiger partial charge in [0.2, 0.25) is 0 Å². The molecule has 0 radical (unpaired) electrons. The first-order chi connectivity index (χ1) is 6.76. The van der Waals surface area contributed by atoms with E-state index in [2.05, 4.69) is 0 Å². The zero-order valence-electron chi connectivity index (χ0n) is 7.76. The lowest BCUT2D eigenvalue weighted by Crippen LogP contribution is -2.14. The van der Waals surface area contributed by atoms with E-state index in [1.165, 1.54) is 11.8 Å². The Labute approximate surface area is 87.4 Å². The Bertz CT molecular complexity index is 278. The number of benzene rings is 1. The molecule has 0 spiro atoms. The fourth-order valence-corrected chi connectivity index (χ4v) is 1.88. The number of aliphatic hydroxyl groups excluding tert-OH is 3. The molecule has 0 aliphatic carbocycles. The molecule has 0 aliphatic rings. The molecule has 1 rings (SSSR count). The summed E-state index contributed by atoms with van der Waals surface area (Å²) in [7, 11) is 0. The van der Waals surface area contributed by atoms with E-state index in [4.69, 9.17) is 15.3 Å². The van der Waals surface area contributed by atoms with Gasteiger partial charge in [0.25, 0.3) is 0 Å². The largest absolute Gasteiger partial charge is 0.394 e. The number of thioether (sulfide) groups is 1. The van der Waals surface area contributed by atoms with Crippen molar-refractivity contribution in [2.24, 2.45) is 0 Å². The van der Waals surface area contributed by atoms with E-state index in [0.29, 0.717) is 5.75 Å². The zero-order chi connectivity index (χ0) is 10.4. The molecule has 1 atom stereocenters. The predicted octanol–water partition coefficient (Wildman–Crippen LogP) is 0.624. The summed E-state index contributed by atoms with van der Waals surface area (Å²) < 4.78 is 0. The summed E-state index contributed by atoms with van der Waals surface area (Å²) in [4.78, 5) is 0.990. The van der Waals surface area contributed by atoms with Crippen LogP contribution in [0, 0.1) is 0 Å². The molecule has 0 saturated carbocycles. The van der Waals surface area contributed by atoms with Gasteiger partial charge in [-0.05, 0) is 17.7 Å². The third kappa shape index (κ3) is 3.67. The monoisotopic (exact) mass is 214 g/mol. The number of hydrogen-bond acceptors (Lipinski definition) is 4. The Balaban J connectivity index is 2.50. The smallest absolute Gasteiger partial charge is 0.0864 e. The molecule has 0 aromatic heterocycles. The Morgan fingerprint density at radius 2 is 2.07 bits per heavy atom. The lowest BCUT2D eigenvalue weighted by Gasteiger charge is -2.07. The maximum absolute atomic E-state index is 9.13. The minimum Gasteiger partial charge on any atom is -0.394 e. The van der Waals surface area contributed by atoms with E-state index in [-0.39, 0.29) is 13.2 Å². The summed E-state index contributed by atoms with van der Waals surface area (Å²) in [5, 5.41) is 26.6. The van der Waals surface area contributed by atoms with Gasteiger partial charge < -0.3 is 15.3 Å². The standard InChI is InChI=1S/C10H14O3S/c11-5-8-2-1-3-10(4-8)14-7-9(13)6-12/h1-4,9,11-13H,5-7H2. The molecule has 0 fully saturated rings. The van der Waals surface area contributed by atoms with Crippen LogP contribution in [0.4, 0.5) is 0 Å². The first kappa shape index (κ1) is 11.5. The van der Waals surface area contributed by atoms with Crippen LogP contribution in [-0.4, -0.2) is 33.8 Å². The average Bonchev–Trinajstić information content (AvgIpc) is 2.26. The highest BCUT2D eigenvalue weighted by Crippen LogP contribution is 2.19. The molecule has 1 aromatic rings. The van der Waals surface area contributed by atoms with Crippen molar-refractivity contribution >= 4 is 11.8 Å². The topological polar surface area (TPSA) is 60.7 Å². The van der Waals surface area contributed by atoms with Gasteiger partial charge in [-0.25, -0.2) is 0 Å². The van der Waals surface area contributed by atoms with Crippen LogP contribution in [-0.2, 0) is 6.61 Å². The van der Waals surface area contributed by atoms with E-state index >= 15 is 0 Å². The summed E-state index contributed by atoms with van der Waals surface area (Å²) in [6, 6.07) is 7.48. The third-order valence-electron chi connectivity index (χ3n) is 1.73. The van der Waals surface area contributed by atoms with Crippen molar-refractivity contribution in [3.8, 4) is 0 Å². The van der Waals surface area contributed by atoms with Gasteiger partial charge in [-0.15, -0.1) is 11.8 Å². The number of hydrogen-bond donors (Lipinski definition) is 3. The van der Waals surface area contributed by atoms with E-state index in [9.17, 15) is 0 Å². The van der Waals surface area contributed by atoms with E-state index in [0.717, 1.165) is 10.5 Å². The van der Waals surface area contributed by atoms with Gasteiger partial charge >= 0.3 is 0 Å². The molecule has 0 aliphatic heterocycles. The van der Waals surface area contributed by atoms with Crippen molar-refractivity contribution in [3.05, 3.63) is 29.8 Å². The summed E-state index contributed by atoms with van der Waals surface area (Å²) in [5.74, 6) is 0.464. The van der Waals surface area contributed by atoms with Gasteiger partial charge in [-0.2, -0.15) is 0 Å². The SMILES string of the molecule is OCc1cccc(SCC(O)CO)c1. The van der Waals surface area contributed by atoms with Crippen LogP contribution in [0.5, 0.6) is 0 Å². The van der Waals surface area contributed by atoms with Gasteiger partial charge in [0.1, 0.15) is 0 Å². The fourth-order valence-electron chi connectivity index (χ4n) is 0.979. The molecule has 78 valence electrons. The maximum atomic E-state index is 9.13. The Morgan fingerprint density at radius 3 is 2.71 bits per heavy atom. The zero-order valence-corrected chi connectivity index (χ0v) is 8.57. The second-order valence-corrected chi connectivity index (χ2v) is 4.05. The molecule has 4 heteroatoms. The second kappa shape index (κ2) is 6.03. The Hall–Kier alpha value is -0.550. The number of rotatable bonds is 5. The predicted molar refractivity (Wildman–Crippen MR) is 56.2 cm³/mol. The van der Waals surface area contributed by atoms with Gasteiger partial charge in [0.15, 0.2) is 0 Å². The van der Waals surface area contributed by atoms with E-state index < -0.39 is 6.10 Å². The first-order valence-electron chi connectivity index (χ1n) is 4.37. The molecule has 0 bridgehead atoms. The summed E-state index contributed by atoms with van der Waals surface area (Å²) in [5.41, 5.74) is 0.855. The normalized spacial score (nSPS) is 12.8. The summed E-state index contributed by atoms with van der Waals surface area (Å²) in [6.45, 7) is -0.191. The van der Waals surface area contributed by atoms with Gasteiger partial charge in [0.05, 0.1) is 19.3 Å². The molecule has 0 saturated heterocycles. The molecular weight excluding hydrogens is 200 g/mol. The Morgan fingerprint density at radius 1 is 1.29 bits per heavy atom.